The monoisotopic (exact) mass is 339 g/mol. The Labute approximate surface area is 129 Å². The van der Waals surface area contributed by atoms with Gasteiger partial charge in [-0.25, -0.2) is 0 Å². The van der Waals surface area contributed by atoms with Crippen LogP contribution >= 0.6 is 11.8 Å². The third kappa shape index (κ3) is 7.39. The molecule has 0 atom stereocenters. The van der Waals surface area contributed by atoms with Crippen molar-refractivity contribution in [2.45, 2.75) is 19.6 Å². The van der Waals surface area contributed by atoms with Gasteiger partial charge in [-0.05, 0) is 19.1 Å². The molecule has 1 aromatic rings. The van der Waals surface area contributed by atoms with E-state index in [1.54, 1.807) is 6.92 Å². The third-order valence-electron chi connectivity index (χ3n) is 2.40. The Balaban J connectivity index is 2.54. The molecule has 0 saturated heterocycles. The summed E-state index contributed by atoms with van der Waals surface area (Å²) < 4.78 is 47.3. The predicted molar refractivity (Wildman–Crippen MR) is 74.1 cm³/mol. The predicted octanol–water partition coefficient (Wildman–Crippen LogP) is 2.47. The standard InChI is InChI=1S/C13H16F3NO4S/c1-2-20-12(19)8-22-7-11(18)17(9-13(14,15)16)6-10-4-3-5-21-10/h3-5H,2,6-9H2,1H3. The summed E-state index contributed by atoms with van der Waals surface area (Å²) in [5, 5.41) is 0. The molecule has 5 nitrogen and oxygen atoms in total. The number of esters is 1. The van der Waals surface area contributed by atoms with Crippen LogP contribution < -0.4 is 0 Å². The molecule has 0 aliphatic rings. The molecule has 1 aromatic heterocycles. The molecular formula is C13H16F3NO4S. The molecule has 0 bridgehead atoms. The zero-order chi connectivity index (χ0) is 16.6. The van der Waals surface area contributed by atoms with Crippen molar-refractivity contribution in [1.29, 1.82) is 0 Å². The number of carbonyl (C=O) groups is 2. The van der Waals surface area contributed by atoms with Crippen LogP contribution in [0.15, 0.2) is 22.8 Å². The lowest BCUT2D eigenvalue weighted by Crippen LogP contribution is -2.39. The van der Waals surface area contributed by atoms with Gasteiger partial charge in [0.05, 0.1) is 30.9 Å². The van der Waals surface area contributed by atoms with Gasteiger partial charge in [-0.2, -0.15) is 13.2 Å². The first-order valence-electron chi connectivity index (χ1n) is 6.42. The number of carbonyl (C=O) groups excluding carboxylic acids is 2. The largest absolute Gasteiger partial charge is 0.467 e. The molecule has 0 aliphatic carbocycles. The minimum absolute atomic E-state index is 0.0831. The third-order valence-corrected chi connectivity index (χ3v) is 3.29. The fraction of sp³-hybridized carbons (Fsp3) is 0.538. The lowest BCUT2D eigenvalue weighted by Gasteiger charge is -2.22. The van der Waals surface area contributed by atoms with Crippen molar-refractivity contribution < 1.29 is 31.9 Å². The lowest BCUT2D eigenvalue weighted by atomic mass is 10.3. The summed E-state index contributed by atoms with van der Waals surface area (Å²) in [7, 11) is 0. The highest BCUT2D eigenvalue weighted by Crippen LogP contribution is 2.19. The minimum atomic E-state index is -4.51. The summed E-state index contributed by atoms with van der Waals surface area (Å²) in [5.41, 5.74) is 0. The Bertz CT molecular complexity index is 476. The molecule has 9 heteroatoms. The maximum atomic E-state index is 12.5. The van der Waals surface area contributed by atoms with E-state index in [1.165, 1.54) is 18.4 Å². The number of ether oxygens (including phenoxy) is 1. The van der Waals surface area contributed by atoms with Gasteiger partial charge in [-0.1, -0.05) is 0 Å². The summed E-state index contributed by atoms with van der Waals surface area (Å²) in [6, 6.07) is 3.02. The second-order valence-corrected chi connectivity index (χ2v) is 5.23. The lowest BCUT2D eigenvalue weighted by molar-refractivity contribution is -0.161. The molecule has 22 heavy (non-hydrogen) atoms. The van der Waals surface area contributed by atoms with E-state index in [-0.39, 0.29) is 30.4 Å². The number of thioether (sulfide) groups is 1. The van der Waals surface area contributed by atoms with Crippen LogP contribution in [-0.2, 0) is 20.9 Å². The molecule has 0 unspecified atom stereocenters. The first-order chi connectivity index (χ1) is 10.3. The Hall–Kier alpha value is -1.64. The summed E-state index contributed by atoms with van der Waals surface area (Å²) >= 11 is 0.913. The van der Waals surface area contributed by atoms with E-state index < -0.39 is 24.6 Å². The van der Waals surface area contributed by atoms with Crippen LogP contribution in [0.3, 0.4) is 0 Å². The normalized spacial score (nSPS) is 11.3. The van der Waals surface area contributed by atoms with Gasteiger partial charge in [0.2, 0.25) is 5.91 Å². The van der Waals surface area contributed by atoms with E-state index in [0.717, 1.165) is 11.8 Å². The van der Waals surface area contributed by atoms with Crippen LogP contribution in [0, 0.1) is 0 Å². The highest BCUT2D eigenvalue weighted by atomic mass is 32.2. The summed E-state index contributed by atoms with van der Waals surface area (Å²) in [4.78, 5) is 23.7. The molecule has 0 spiro atoms. The van der Waals surface area contributed by atoms with Gasteiger partial charge in [0.1, 0.15) is 12.3 Å². The van der Waals surface area contributed by atoms with E-state index in [1.807, 2.05) is 0 Å². The van der Waals surface area contributed by atoms with Gasteiger partial charge >= 0.3 is 12.1 Å². The second kappa shape index (κ2) is 8.72. The van der Waals surface area contributed by atoms with E-state index in [0.29, 0.717) is 4.90 Å². The maximum Gasteiger partial charge on any atom is 0.406 e. The molecule has 0 fully saturated rings. The summed E-state index contributed by atoms with van der Waals surface area (Å²) in [6.45, 7) is 0.214. The number of alkyl halides is 3. The van der Waals surface area contributed by atoms with Crippen molar-refractivity contribution in [1.82, 2.24) is 4.90 Å². The Morgan fingerprint density at radius 2 is 2.09 bits per heavy atom. The fourth-order valence-corrected chi connectivity index (χ4v) is 2.26. The number of hydrogen-bond acceptors (Lipinski definition) is 5. The number of halogens is 3. The zero-order valence-corrected chi connectivity index (χ0v) is 12.7. The average molecular weight is 339 g/mol. The van der Waals surface area contributed by atoms with Crippen LogP contribution in [0.5, 0.6) is 0 Å². The van der Waals surface area contributed by atoms with Gasteiger partial charge in [0.25, 0.3) is 0 Å². The molecule has 0 aromatic carbocycles. The van der Waals surface area contributed by atoms with E-state index in [4.69, 9.17) is 4.42 Å². The van der Waals surface area contributed by atoms with Gasteiger partial charge in [0, 0.05) is 0 Å². The van der Waals surface area contributed by atoms with Gasteiger partial charge < -0.3 is 14.1 Å². The van der Waals surface area contributed by atoms with Crippen molar-refractivity contribution in [2.75, 3.05) is 24.7 Å². The van der Waals surface area contributed by atoms with E-state index in [2.05, 4.69) is 4.74 Å². The second-order valence-electron chi connectivity index (χ2n) is 4.24. The molecule has 0 radical (unpaired) electrons. The Morgan fingerprint density at radius 3 is 2.64 bits per heavy atom. The molecular weight excluding hydrogens is 323 g/mol. The number of nitrogens with zero attached hydrogens (tertiary/aromatic N) is 1. The first kappa shape index (κ1) is 18.4. The fourth-order valence-electron chi connectivity index (χ4n) is 1.55. The average Bonchev–Trinajstić information content (AvgIpc) is 2.89. The highest BCUT2D eigenvalue weighted by molar-refractivity contribution is 8.00. The molecule has 1 rings (SSSR count). The number of hydrogen-bond donors (Lipinski definition) is 0. The van der Waals surface area contributed by atoms with Crippen molar-refractivity contribution in [3.63, 3.8) is 0 Å². The van der Waals surface area contributed by atoms with Gasteiger partial charge in [0.15, 0.2) is 0 Å². The molecule has 1 heterocycles. The number of rotatable bonds is 8. The molecule has 124 valence electrons. The Morgan fingerprint density at radius 1 is 1.36 bits per heavy atom. The van der Waals surface area contributed by atoms with Crippen LogP contribution in [0.2, 0.25) is 0 Å². The van der Waals surface area contributed by atoms with Crippen molar-refractivity contribution in [3.8, 4) is 0 Å². The smallest absolute Gasteiger partial charge is 0.406 e. The quantitative estimate of drug-likeness (QED) is 0.681. The van der Waals surface area contributed by atoms with Crippen LogP contribution in [0.1, 0.15) is 12.7 Å². The maximum absolute atomic E-state index is 12.5. The molecule has 0 saturated carbocycles. The van der Waals surface area contributed by atoms with Gasteiger partial charge in [-0.3, -0.25) is 9.59 Å². The minimum Gasteiger partial charge on any atom is -0.467 e. The first-order valence-corrected chi connectivity index (χ1v) is 7.57. The SMILES string of the molecule is CCOC(=O)CSCC(=O)N(Cc1ccco1)CC(F)(F)F. The van der Waals surface area contributed by atoms with E-state index >= 15 is 0 Å². The zero-order valence-electron chi connectivity index (χ0n) is 11.9. The van der Waals surface area contributed by atoms with Crippen molar-refractivity contribution in [3.05, 3.63) is 24.2 Å². The molecule has 0 aliphatic heterocycles. The Kier molecular flexibility index (Phi) is 7.30. The van der Waals surface area contributed by atoms with Crippen molar-refractivity contribution in [2.24, 2.45) is 0 Å². The summed E-state index contributed by atoms with van der Waals surface area (Å²) in [5.74, 6) is -1.29. The number of furan rings is 1. The van der Waals surface area contributed by atoms with E-state index in [9.17, 15) is 22.8 Å². The summed E-state index contributed by atoms with van der Waals surface area (Å²) in [6.07, 6.45) is -3.19. The topological polar surface area (TPSA) is 59.8 Å². The molecule has 1 amide bonds. The molecule has 0 N–H and O–H groups in total. The van der Waals surface area contributed by atoms with Crippen LogP contribution in [-0.4, -0.2) is 47.6 Å². The van der Waals surface area contributed by atoms with Crippen molar-refractivity contribution >= 4 is 23.6 Å². The highest BCUT2D eigenvalue weighted by Gasteiger charge is 2.33. The van der Waals surface area contributed by atoms with Gasteiger partial charge in [-0.15, -0.1) is 11.8 Å². The number of amides is 1. The van der Waals surface area contributed by atoms with Crippen LogP contribution in [0.4, 0.5) is 13.2 Å². The van der Waals surface area contributed by atoms with Crippen LogP contribution in [0.25, 0.3) is 0 Å².